The maximum atomic E-state index is 12.4. The minimum Gasteiger partial charge on any atom is -0.480 e. The number of nitrogens with zero attached hydrogens (tertiary/aromatic N) is 1. The van der Waals surface area contributed by atoms with Crippen LogP contribution in [0.1, 0.15) is 12.0 Å². The van der Waals surface area contributed by atoms with Gasteiger partial charge >= 0.3 is 5.97 Å². The minimum absolute atomic E-state index is 0.0127. The maximum absolute atomic E-state index is 12.4. The SMILES string of the molecule is O=C(O)CN(Cc1cccc(Br)c1)C(=O)C1CCS(=O)(=O)C1. The average Bonchev–Trinajstić information content (AvgIpc) is 2.77. The summed E-state index contributed by atoms with van der Waals surface area (Å²) < 4.78 is 23.8. The molecular formula is C14H16BrNO5S. The fourth-order valence-corrected chi connectivity index (χ4v) is 4.66. The van der Waals surface area contributed by atoms with Gasteiger partial charge in [0.2, 0.25) is 5.91 Å². The topological polar surface area (TPSA) is 91.8 Å². The summed E-state index contributed by atoms with van der Waals surface area (Å²) in [6.07, 6.45) is 0.260. The lowest BCUT2D eigenvalue weighted by Gasteiger charge is -2.23. The van der Waals surface area contributed by atoms with E-state index in [-0.39, 0.29) is 24.5 Å². The second-order valence-corrected chi connectivity index (χ2v) is 8.46. The van der Waals surface area contributed by atoms with E-state index in [9.17, 15) is 18.0 Å². The lowest BCUT2D eigenvalue weighted by Crippen LogP contribution is -2.39. The van der Waals surface area contributed by atoms with Gasteiger partial charge in [0.05, 0.1) is 17.4 Å². The van der Waals surface area contributed by atoms with Gasteiger partial charge in [-0.3, -0.25) is 9.59 Å². The number of aliphatic carboxylic acids is 1. The smallest absolute Gasteiger partial charge is 0.323 e. The van der Waals surface area contributed by atoms with Crippen LogP contribution in [0.2, 0.25) is 0 Å². The molecule has 1 fully saturated rings. The highest BCUT2D eigenvalue weighted by atomic mass is 79.9. The van der Waals surface area contributed by atoms with Gasteiger partial charge in [-0.05, 0) is 24.1 Å². The zero-order chi connectivity index (χ0) is 16.3. The van der Waals surface area contributed by atoms with Crippen molar-refractivity contribution < 1.29 is 23.1 Å². The molecule has 120 valence electrons. The number of amides is 1. The van der Waals surface area contributed by atoms with Crippen LogP contribution in [0.5, 0.6) is 0 Å². The molecule has 1 heterocycles. The third-order valence-electron chi connectivity index (χ3n) is 3.48. The summed E-state index contributed by atoms with van der Waals surface area (Å²) in [4.78, 5) is 24.6. The van der Waals surface area contributed by atoms with Crippen LogP contribution in [0.3, 0.4) is 0 Å². The Bertz CT molecular complexity index is 688. The Morgan fingerprint density at radius 1 is 1.36 bits per heavy atom. The number of carbonyl (C=O) groups excluding carboxylic acids is 1. The van der Waals surface area contributed by atoms with Crippen LogP contribution in [-0.2, 0) is 26.0 Å². The first-order valence-electron chi connectivity index (χ1n) is 6.72. The van der Waals surface area contributed by atoms with Crippen molar-refractivity contribution in [2.75, 3.05) is 18.1 Å². The Labute approximate surface area is 137 Å². The molecule has 8 heteroatoms. The zero-order valence-electron chi connectivity index (χ0n) is 11.7. The van der Waals surface area contributed by atoms with E-state index in [4.69, 9.17) is 5.11 Å². The van der Waals surface area contributed by atoms with Crippen LogP contribution >= 0.6 is 15.9 Å². The molecule has 1 aromatic carbocycles. The van der Waals surface area contributed by atoms with Crippen molar-refractivity contribution in [1.29, 1.82) is 0 Å². The lowest BCUT2D eigenvalue weighted by atomic mass is 10.1. The number of carboxylic acid groups (broad SMARTS) is 1. The zero-order valence-corrected chi connectivity index (χ0v) is 14.1. The van der Waals surface area contributed by atoms with E-state index in [1.165, 1.54) is 4.90 Å². The molecule has 1 amide bonds. The quantitative estimate of drug-likeness (QED) is 0.818. The van der Waals surface area contributed by atoms with Crippen molar-refractivity contribution in [2.24, 2.45) is 5.92 Å². The monoisotopic (exact) mass is 389 g/mol. The molecular weight excluding hydrogens is 374 g/mol. The molecule has 1 N–H and O–H groups in total. The number of hydrogen-bond acceptors (Lipinski definition) is 4. The van der Waals surface area contributed by atoms with Crippen LogP contribution in [-0.4, -0.2) is 48.4 Å². The van der Waals surface area contributed by atoms with Crippen molar-refractivity contribution in [3.05, 3.63) is 34.3 Å². The summed E-state index contributed by atoms with van der Waals surface area (Å²) >= 11 is 3.32. The van der Waals surface area contributed by atoms with E-state index < -0.39 is 34.2 Å². The molecule has 1 aromatic rings. The van der Waals surface area contributed by atoms with E-state index in [1.54, 1.807) is 18.2 Å². The van der Waals surface area contributed by atoms with Gasteiger partial charge in [-0.25, -0.2) is 8.42 Å². The molecule has 1 saturated heterocycles. The molecule has 0 spiro atoms. The Balaban J connectivity index is 2.15. The van der Waals surface area contributed by atoms with Crippen LogP contribution in [0.15, 0.2) is 28.7 Å². The van der Waals surface area contributed by atoms with Crippen LogP contribution in [0, 0.1) is 5.92 Å². The summed E-state index contributed by atoms with van der Waals surface area (Å²) in [5.74, 6) is -2.38. The van der Waals surface area contributed by atoms with Crippen molar-refractivity contribution in [3.63, 3.8) is 0 Å². The number of carbonyl (C=O) groups is 2. The molecule has 0 aliphatic carbocycles. The van der Waals surface area contributed by atoms with Gasteiger partial charge in [0.25, 0.3) is 0 Å². The number of carboxylic acids is 1. The molecule has 0 radical (unpaired) electrons. The van der Waals surface area contributed by atoms with Crippen LogP contribution in [0.25, 0.3) is 0 Å². The highest BCUT2D eigenvalue weighted by Gasteiger charge is 2.35. The number of hydrogen-bond donors (Lipinski definition) is 1. The molecule has 0 saturated carbocycles. The van der Waals surface area contributed by atoms with Crippen molar-refractivity contribution in [3.8, 4) is 0 Å². The predicted octanol–water partition coefficient (Wildman–Crippen LogP) is 1.30. The molecule has 1 aliphatic rings. The second kappa shape index (κ2) is 6.78. The fourth-order valence-electron chi connectivity index (χ4n) is 2.48. The molecule has 0 aromatic heterocycles. The summed E-state index contributed by atoms with van der Waals surface area (Å²) in [5, 5.41) is 8.99. The van der Waals surface area contributed by atoms with E-state index in [0.717, 1.165) is 10.0 Å². The maximum Gasteiger partial charge on any atom is 0.323 e. The Morgan fingerprint density at radius 3 is 2.64 bits per heavy atom. The summed E-state index contributed by atoms with van der Waals surface area (Å²) in [6.45, 7) is -0.303. The summed E-state index contributed by atoms with van der Waals surface area (Å²) in [6, 6.07) is 7.21. The molecule has 2 rings (SSSR count). The van der Waals surface area contributed by atoms with E-state index in [1.807, 2.05) is 6.07 Å². The number of sulfone groups is 1. The van der Waals surface area contributed by atoms with E-state index in [2.05, 4.69) is 15.9 Å². The fraction of sp³-hybridized carbons (Fsp3) is 0.429. The van der Waals surface area contributed by atoms with Gasteiger partial charge in [-0.1, -0.05) is 28.1 Å². The van der Waals surface area contributed by atoms with Gasteiger partial charge in [0, 0.05) is 11.0 Å². The normalized spacial score (nSPS) is 19.8. The first kappa shape index (κ1) is 17.0. The van der Waals surface area contributed by atoms with Gasteiger partial charge in [0.1, 0.15) is 6.54 Å². The molecule has 1 atom stereocenters. The Hall–Kier alpha value is -1.41. The second-order valence-electron chi connectivity index (χ2n) is 5.32. The standard InChI is InChI=1S/C14H16BrNO5S/c15-12-3-1-2-10(6-12)7-16(8-13(17)18)14(19)11-4-5-22(20,21)9-11/h1-3,6,11H,4-5,7-9H2,(H,17,18). The molecule has 6 nitrogen and oxygen atoms in total. The van der Waals surface area contributed by atoms with Crippen molar-refractivity contribution in [2.45, 2.75) is 13.0 Å². The van der Waals surface area contributed by atoms with Gasteiger partial charge in [0.15, 0.2) is 9.84 Å². The molecule has 1 unspecified atom stereocenters. The largest absolute Gasteiger partial charge is 0.480 e. The van der Waals surface area contributed by atoms with E-state index in [0.29, 0.717) is 0 Å². The first-order valence-corrected chi connectivity index (χ1v) is 9.34. The lowest BCUT2D eigenvalue weighted by molar-refractivity contribution is -0.146. The third-order valence-corrected chi connectivity index (χ3v) is 5.74. The number of rotatable bonds is 5. The van der Waals surface area contributed by atoms with Crippen molar-refractivity contribution in [1.82, 2.24) is 4.90 Å². The third kappa shape index (κ3) is 4.54. The summed E-state index contributed by atoms with van der Waals surface area (Å²) in [5.41, 5.74) is 0.782. The van der Waals surface area contributed by atoms with Crippen molar-refractivity contribution >= 4 is 37.6 Å². The van der Waals surface area contributed by atoms with Gasteiger partial charge < -0.3 is 10.0 Å². The number of benzene rings is 1. The molecule has 1 aliphatic heterocycles. The van der Waals surface area contributed by atoms with Gasteiger partial charge in [-0.15, -0.1) is 0 Å². The van der Waals surface area contributed by atoms with Crippen LogP contribution < -0.4 is 0 Å². The molecule has 0 bridgehead atoms. The van der Waals surface area contributed by atoms with E-state index >= 15 is 0 Å². The summed E-state index contributed by atoms with van der Waals surface area (Å²) in [7, 11) is -3.18. The molecule has 22 heavy (non-hydrogen) atoms. The number of halogens is 1. The Morgan fingerprint density at radius 2 is 2.09 bits per heavy atom. The Kier molecular flexibility index (Phi) is 5.23. The van der Waals surface area contributed by atoms with Crippen LogP contribution in [0.4, 0.5) is 0 Å². The predicted molar refractivity (Wildman–Crippen MR) is 84.0 cm³/mol. The first-order chi connectivity index (χ1) is 10.3. The highest BCUT2D eigenvalue weighted by molar-refractivity contribution is 9.10. The van der Waals surface area contributed by atoms with Gasteiger partial charge in [-0.2, -0.15) is 0 Å². The average molecular weight is 390 g/mol. The minimum atomic E-state index is -3.18. The highest BCUT2D eigenvalue weighted by Crippen LogP contribution is 2.22.